The average Bonchev–Trinajstić information content (AvgIpc) is 3.76. The van der Waals surface area contributed by atoms with E-state index >= 15 is 0 Å². The maximum absolute atomic E-state index is 12.9. The number of hydrogen-bond donors (Lipinski definition) is 2. The number of rotatable bonds is 12. The van der Waals surface area contributed by atoms with E-state index in [1.807, 2.05) is 48.5 Å². The standard InChI is InChI=1S/C50H40O11/c1-49(2,33-9-17-37(51)18-10-33)35-13-25-41(26-14-35)57-45(53)31-5-21-39(22-6-31)59-47(55)43-29-30-44(61-43)48(56)60-40-23-7-32(8-24-40)46(54)58-42-27-15-36(16-28-42)50(3,4)34-11-19-38(52)20-12-34/h5-30,51-52H,1-4H3. The summed E-state index contributed by atoms with van der Waals surface area (Å²) in [5.41, 5.74) is 3.74. The zero-order chi connectivity index (χ0) is 43.3. The topological polar surface area (TPSA) is 159 Å². The van der Waals surface area contributed by atoms with Gasteiger partial charge in [0, 0.05) is 10.8 Å². The molecule has 11 nitrogen and oxygen atoms in total. The summed E-state index contributed by atoms with van der Waals surface area (Å²) in [6.45, 7) is 8.24. The van der Waals surface area contributed by atoms with E-state index in [1.165, 1.54) is 60.7 Å². The van der Waals surface area contributed by atoms with Gasteiger partial charge in [-0.3, -0.25) is 0 Å². The zero-order valence-corrected chi connectivity index (χ0v) is 33.6. The van der Waals surface area contributed by atoms with Crippen LogP contribution in [0.3, 0.4) is 0 Å². The van der Waals surface area contributed by atoms with Crippen LogP contribution in [0.1, 0.15) is 91.8 Å². The minimum atomic E-state index is -0.886. The van der Waals surface area contributed by atoms with Gasteiger partial charge in [-0.1, -0.05) is 76.2 Å². The number of phenols is 2. The molecule has 0 spiro atoms. The molecule has 0 saturated heterocycles. The van der Waals surface area contributed by atoms with Crippen molar-refractivity contribution in [2.45, 2.75) is 38.5 Å². The lowest BCUT2D eigenvalue weighted by atomic mass is 9.78. The van der Waals surface area contributed by atoms with Gasteiger partial charge < -0.3 is 33.6 Å². The molecule has 0 amide bonds. The van der Waals surface area contributed by atoms with E-state index in [2.05, 4.69) is 27.7 Å². The molecule has 0 unspecified atom stereocenters. The molecule has 1 aromatic heterocycles. The van der Waals surface area contributed by atoms with Crippen LogP contribution in [0.2, 0.25) is 0 Å². The Kier molecular flexibility index (Phi) is 11.6. The summed E-state index contributed by atoms with van der Waals surface area (Å²) in [6.07, 6.45) is 0. The number of esters is 4. The molecule has 0 aliphatic carbocycles. The van der Waals surface area contributed by atoms with E-state index in [9.17, 15) is 29.4 Å². The molecule has 2 N–H and O–H groups in total. The summed E-state index contributed by atoms with van der Waals surface area (Å²) in [6, 6.07) is 42.4. The van der Waals surface area contributed by atoms with E-state index in [-0.39, 0.29) is 56.5 Å². The number of carbonyl (C=O) groups is 4. The van der Waals surface area contributed by atoms with Crippen molar-refractivity contribution in [2.75, 3.05) is 0 Å². The van der Waals surface area contributed by atoms with Crippen molar-refractivity contribution in [1.29, 1.82) is 0 Å². The maximum Gasteiger partial charge on any atom is 0.379 e. The molecule has 0 aliphatic heterocycles. The first-order valence-corrected chi connectivity index (χ1v) is 19.1. The molecule has 0 fully saturated rings. The van der Waals surface area contributed by atoms with Gasteiger partial charge in [-0.25, -0.2) is 19.2 Å². The summed E-state index contributed by atoms with van der Waals surface area (Å²) >= 11 is 0. The van der Waals surface area contributed by atoms with Crippen LogP contribution in [0.4, 0.5) is 0 Å². The first kappa shape index (κ1) is 41.2. The van der Waals surface area contributed by atoms with Crippen molar-refractivity contribution in [2.24, 2.45) is 0 Å². The van der Waals surface area contributed by atoms with Crippen LogP contribution in [-0.2, 0) is 10.8 Å². The second-order valence-corrected chi connectivity index (χ2v) is 15.2. The highest BCUT2D eigenvalue weighted by Gasteiger charge is 2.25. The molecule has 6 aromatic carbocycles. The maximum atomic E-state index is 12.9. The summed E-state index contributed by atoms with van der Waals surface area (Å²) in [5.74, 6) is -2.20. The summed E-state index contributed by atoms with van der Waals surface area (Å²) in [4.78, 5) is 51.3. The lowest BCUT2D eigenvalue weighted by molar-refractivity contribution is 0.0668. The van der Waals surface area contributed by atoms with Crippen molar-refractivity contribution in [1.82, 2.24) is 0 Å². The van der Waals surface area contributed by atoms with Gasteiger partial charge in [-0.15, -0.1) is 0 Å². The lowest BCUT2D eigenvalue weighted by Gasteiger charge is -2.26. The van der Waals surface area contributed by atoms with Crippen LogP contribution < -0.4 is 18.9 Å². The lowest BCUT2D eigenvalue weighted by Crippen LogP contribution is -2.18. The number of hydrogen-bond acceptors (Lipinski definition) is 11. The second-order valence-electron chi connectivity index (χ2n) is 15.2. The molecular formula is C50H40O11. The Morgan fingerprint density at radius 2 is 0.607 bits per heavy atom. The van der Waals surface area contributed by atoms with Gasteiger partial charge in [0.15, 0.2) is 0 Å². The fourth-order valence-electron chi connectivity index (χ4n) is 6.49. The van der Waals surface area contributed by atoms with Crippen molar-refractivity contribution >= 4 is 23.9 Å². The highest BCUT2D eigenvalue weighted by molar-refractivity contribution is 5.94. The molecule has 7 aromatic rings. The zero-order valence-electron chi connectivity index (χ0n) is 33.6. The predicted molar refractivity (Wildman–Crippen MR) is 225 cm³/mol. The van der Waals surface area contributed by atoms with Gasteiger partial charge in [0.25, 0.3) is 0 Å². The smallest absolute Gasteiger partial charge is 0.379 e. The van der Waals surface area contributed by atoms with Gasteiger partial charge in [0.05, 0.1) is 11.1 Å². The largest absolute Gasteiger partial charge is 0.508 e. The number of phenolic OH excluding ortho intramolecular Hbond substituents is 2. The molecule has 306 valence electrons. The molecule has 11 heteroatoms. The third kappa shape index (κ3) is 9.53. The van der Waals surface area contributed by atoms with Crippen molar-refractivity contribution < 1.29 is 52.8 Å². The van der Waals surface area contributed by atoms with Crippen LogP contribution in [0, 0.1) is 0 Å². The van der Waals surface area contributed by atoms with Crippen molar-refractivity contribution in [3.63, 3.8) is 0 Å². The minimum Gasteiger partial charge on any atom is -0.508 e. The third-order valence-electron chi connectivity index (χ3n) is 10.4. The van der Waals surface area contributed by atoms with Crippen LogP contribution >= 0.6 is 0 Å². The number of furan rings is 1. The first-order valence-electron chi connectivity index (χ1n) is 19.1. The predicted octanol–water partition coefficient (Wildman–Crippen LogP) is 10.2. The SMILES string of the molecule is CC(C)(c1ccc(O)cc1)c1ccc(OC(=O)c2ccc(OC(=O)c3ccc(C(=O)Oc4ccc(C(=O)Oc5ccc(C(C)(C)c6ccc(O)cc6)cc5)cc4)o3)cc2)cc1. The fraction of sp³-hybridized carbons (Fsp3) is 0.120. The van der Waals surface area contributed by atoms with E-state index in [4.69, 9.17) is 23.4 Å². The number of benzene rings is 6. The number of ether oxygens (including phenoxy) is 4. The van der Waals surface area contributed by atoms with Crippen LogP contribution in [0.15, 0.2) is 162 Å². The molecule has 0 atom stereocenters. The molecule has 1 heterocycles. The highest BCUT2D eigenvalue weighted by Crippen LogP contribution is 2.35. The van der Waals surface area contributed by atoms with Gasteiger partial charge in [0.1, 0.15) is 34.5 Å². The molecule has 7 rings (SSSR count). The Bertz CT molecular complexity index is 2490. The van der Waals surface area contributed by atoms with Gasteiger partial charge in [0.2, 0.25) is 11.5 Å². The Morgan fingerprint density at radius 3 is 0.902 bits per heavy atom. The molecule has 0 saturated carbocycles. The Morgan fingerprint density at radius 1 is 0.361 bits per heavy atom. The molecule has 0 radical (unpaired) electrons. The van der Waals surface area contributed by atoms with Gasteiger partial charge in [-0.05, 0) is 131 Å². The fourth-order valence-corrected chi connectivity index (χ4v) is 6.49. The highest BCUT2D eigenvalue weighted by atomic mass is 16.6. The average molecular weight is 817 g/mol. The molecule has 0 aliphatic rings. The Labute approximate surface area is 351 Å². The van der Waals surface area contributed by atoms with E-state index in [1.54, 1.807) is 48.5 Å². The third-order valence-corrected chi connectivity index (χ3v) is 10.4. The monoisotopic (exact) mass is 816 g/mol. The second kappa shape index (κ2) is 17.1. The van der Waals surface area contributed by atoms with Crippen molar-refractivity contribution in [3.8, 4) is 34.5 Å². The van der Waals surface area contributed by atoms with E-state index in [0.29, 0.717) is 11.5 Å². The Balaban J connectivity index is 0.883. The van der Waals surface area contributed by atoms with E-state index < -0.39 is 23.9 Å². The van der Waals surface area contributed by atoms with Crippen LogP contribution in [-0.4, -0.2) is 34.1 Å². The van der Waals surface area contributed by atoms with Crippen LogP contribution in [0.25, 0.3) is 0 Å². The number of carbonyl (C=O) groups excluding carboxylic acids is 4. The first-order chi connectivity index (χ1) is 29.1. The molecule has 61 heavy (non-hydrogen) atoms. The van der Waals surface area contributed by atoms with Crippen molar-refractivity contribution in [3.05, 3.63) is 203 Å². The van der Waals surface area contributed by atoms with Gasteiger partial charge in [-0.2, -0.15) is 0 Å². The van der Waals surface area contributed by atoms with E-state index in [0.717, 1.165) is 22.3 Å². The van der Waals surface area contributed by atoms with Crippen LogP contribution in [0.5, 0.6) is 34.5 Å². The molecular weight excluding hydrogens is 777 g/mol. The minimum absolute atomic E-state index is 0.119. The quantitative estimate of drug-likeness (QED) is 0.0893. The summed E-state index contributed by atoms with van der Waals surface area (Å²) in [7, 11) is 0. The number of aromatic hydroxyl groups is 2. The molecule has 0 bridgehead atoms. The van der Waals surface area contributed by atoms with Gasteiger partial charge >= 0.3 is 23.9 Å². The Hall–Kier alpha value is -7.92. The summed E-state index contributed by atoms with van der Waals surface area (Å²) < 4.78 is 27.2. The normalized spacial score (nSPS) is 11.3. The summed E-state index contributed by atoms with van der Waals surface area (Å²) in [5, 5.41) is 19.3.